The summed E-state index contributed by atoms with van der Waals surface area (Å²) in [6, 6.07) is 9.09. The first-order valence-corrected chi connectivity index (χ1v) is 8.16. The standard InChI is InChI=1S/C16H14ClN3O2S/c1-9-13(8-14(23-9)16-20-19-10(2)22-16)18-15(21)7-11-3-5-12(17)6-4-11/h3-6,8H,7H2,1-2H3,(H,18,21). The molecule has 0 saturated carbocycles. The van der Waals surface area contributed by atoms with Gasteiger partial charge in [0.25, 0.3) is 5.89 Å². The summed E-state index contributed by atoms with van der Waals surface area (Å²) >= 11 is 7.34. The van der Waals surface area contributed by atoms with Gasteiger partial charge in [-0.2, -0.15) is 0 Å². The van der Waals surface area contributed by atoms with E-state index in [0.717, 1.165) is 21.0 Å². The summed E-state index contributed by atoms with van der Waals surface area (Å²) in [6.45, 7) is 3.68. The van der Waals surface area contributed by atoms with Crippen LogP contribution in [0.4, 0.5) is 5.69 Å². The van der Waals surface area contributed by atoms with Crippen LogP contribution in [0.3, 0.4) is 0 Å². The highest BCUT2D eigenvalue weighted by molar-refractivity contribution is 7.15. The van der Waals surface area contributed by atoms with Crippen molar-refractivity contribution in [3.05, 3.63) is 51.7 Å². The molecule has 0 aliphatic carbocycles. The highest BCUT2D eigenvalue weighted by Crippen LogP contribution is 2.33. The number of nitrogens with one attached hydrogen (secondary N) is 1. The molecule has 0 aliphatic rings. The Labute approximate surface area is 142 Å². The van der Waals surface area contributed by atoms with Crippen LogP contribution >= 0.6 is 22.9 Å². The van der Waals surface area contributed by atoms with Crippen LogP contribution in [0.15, 0.2) is 34.7 Å². The molecule has 5 nitrogen and oxygen atoms in total. The van der Waals surface area contributed by atoms with Gasteiger partial charge >= 0.3 is 0 Å². The van der Waals surface area contributed by atoms with Crippen molar-refractivity contribution in [3.63, 3.8) is 0 Å². The lowest BCUT2D eigenvalue weighted by molar-refractivity contribution is -0.115. The van der Waals surface area contributed by atoms with E-state index in [2.05, 4.69) is 15.5 Å². The van der Waals surface area contributed by atoms with Crippen LogP contribution < -0.4 is 5.32 Å². The molecule has 2 heterocycles. The number of thiophene rings is 1. The molecule has 23 heavy (non-hydrogen) atoms. The number of anilines is 1. The summed E-state index contributed by atoms with van der Waals surface area (Å²) in [6.07, 6.45) is 0.293. The van der Waals surface area contributed by atoms with Crippen LogP contribution in [0.25, 0.3) is 10.8 Å². The summed E-state index contributed by atoms with van der Waals surface area (Å²) in [5.41, 5.74) is 1.67. The lowest BCUT2D eigenvalue weighted by atomic mass is 10.1. The van der Waals surface area contributed by atoms with Gasteiger partial charge in [0.1, 0.15) is 0 Å². The van der Waals surface area contributed by atoms with Gasteiger partial charge in [-0.25, -0.2) is 0 Å². The third-order valence-electron chi connectivity index (χ3n) is 3.21. The molecule has 7 heteroatoms. The Morgan fingerprint density at radius 3 is 2.65 bits per heavy atom. The fraction of sp³-hybridized carbons (Fsp3) is 0.188. The van der Waals surface area contributed by atoms with Crippen molar-refractivity contribution in [2.45, 2.75) is 20.3 Å². The van der Waals surface area contributed by atoms with Crippen LogP contribution in [0.1, 0.15) is 16.3 Å². The second-order valence-electron chi connectivity index (χ2n) is 5.06. The molecule has 118 valence electrons. The molecule has 0 radical (unpaired) electrons. The van der Waals surface area contributed by atoms with E-state index in [4.69, 9.17) is 16.0 Å². The third-order valence-corrected chi connectivity index (χ3v) is 4.50. The first-order chi connectivity index (χ1) is 11.0. The topological polar surface area (TPSA) is 68.0 Å². The minimum absolute atomic E-state index is 0.0820. The molecule has 0 unspecified atom stereocenters. The van der Waals surface area contributed by atoms with E-state index in [0.29, 0.717) is 23.2 Å². The molecular weight excluding hydrogens is 334 g/mol. The van der Waals surface area contributed by atoms with Crippen molar-refractivity contribution in [1.29, 1.82) is 0 Å². The van der Waals surface area contributed by atoms with Crippen molar-refractivity contribution < 1.29 is 9.21 Å². The first-order valence-electron chi connectivity index (χ1n) is 6.96. The Balaban J connectivity index is 1.71. The molecule has 1 amide bonds. The average Bonchev–Trinajstić information content (AvgIpc) is 3.08. The average molecular weight is 348 g/mol. The SMILES string of the molecule is Cc1nnc(-c2cc(NC(=O)Cc3ccc(Cl)cc3)c(C)s2)o1. The maximum atomic E-state index is 12.2. The number of aromatic nitrogens is 2. The number of hydrogen-bond acceptors (Lipinski definition) is 5. The van der Waals surface area contributed by atoms with Crippen molar-refractivity contribution in [1.82, 2.24) is 10.2 Å². The van der Waals surface area contributed by atoms with E-state index in [-0.39, 0.29) is 5.91 Å². The number of benzene rings is 1. The highest BCUT2D eigenvalue weighted by Gasteiger charge is 2.14. The molecule has 1 N–H and O–H groups in total. The number of carbonyl (C=O) groups excluding carboxylic acids is 1. The van der Waals surface area contributed by atoms with Crippen LogP contribution in [0.2, 0.25) is 5.02 Å². The summed E-state index contributed by atoms with van der Waals surface area (Å²) in [5.74, 6) is 0.898. The van der Waals surface area contributed by atoms with E-state index < -0.39 is 0 Å². The second kappa shape index (κ2) is 6.52. The number of aryl methyl sites for hydroxylation is 2. The summed E-state index contributed by atoms with van der Waals surface area (Å²) in [5, 5.41) is 11.4. The quantitative estimate of drug-likeness (QED) is 0.766. The van der Waals surface area contributed by atoms with Crippen LogP contribution in [-0.2, 0) is 11.2 Å². The van der Waals surface area contributed by atoms with E-state index in [1.807, 2.05) is 25.1 Å². The van der Waals surface area contributed by atoms with E-state index in [9.17, 15) is 4.79 Å². The Morgan fingerprint density at radius 1 is 1.26 bits per heavy atom. The van der Waals surface area contributed by atoms with Gasteiger partial charge in [-0.15, -0.1) is 21.5 Å². The smallest absolute Gasteiger partial charge is 0.257 e. The molecule has 0 bridgehead atoms. The minimum atomic E-state index is -0.0820. The summed E-state index contributed by atoms with van der Waals surface area (Å²) in [4.78, 5) is 14.0. The van der Waals surface area contributed by atoms with Crippen molar-refractivity contribution >= 4 is 34.5 Å². The molecule has 0 fully saturated rings. The zero-order valence-electron chi connectivity index (χ0n) is 12.6. The Hall–Kier alpha value is -2.18. The number of nitrogens with zero attached hydrogens (tertiary/aromatic N) is 2. The Morgan fingerprint density at radius 2 is 2.00 bits per heavy atom. The molecule has 0 saturated heterocycles. The van der Waals surface area contributed by atoms with E-state index in [1.165, 1.54) is 11.3 Å². The molecule has 3 rings (SSSR count). The highest BCUT2D eigenvalue weighted by atomic mass is 35.5. The van der Waals surface area contributed by atoms with Crippen LogP contribution in [-0.4, -0.2) is 16.1 Å². The number of hydrogen-bond donors (Lipinski definition) is 1. The largest absolute Gasteiger partial charge is 0.420 e. The summed E-state index contributed by atoms with van der Waals surface area (Å²) in [7, 11) is 0. The molecule has 2 aromatic heterocycles. The Bertz CT molecular complexity index is 839. The summed E-state index contributed by atoms with van der Waals surface area (Å²) < 4.78 is 5.41. The van der Waals surface area contributed by atoms with Crippen LogP contribution in [0.5, 0.6) is 0 Å². The fourth-order valence-electron chi connectivity index (χ4n) is 2.09. The monoisotopic (exact) mass is 347 g/mol. The Kier molecular flexibility index (Phi) is 4.45. The van der Waals surface area contributed by atoms with Gasteiger partial charge in [0.2, 0.25) is 11.8 Å². The predicted octanol–water partition coefficient (Wildman–Crippen LogP) is 4.25. The van der Waals surface area contributed by atoms with E-state index in [1.54, 1.807) is 19.1 Å². The minimum Gasteiger partial charge on any atom is -0.420 e. The predicted molar refractivity (Wildman–Crippen MR) is 90.9 cm³/mol. The van der Waals surface area contributed by atoms with Gasteiger partial charge in [-0.05, 0) is 30.7 Å². The third kappa shape index (κ3) is 3.78. The van der Waals surface area contributed by atoms with Gasteiger partial charge < -0.3 is 9.73 Å². The number of rotatable bonds is 4. The van der Waals surface area contributed by atoms with Crippen LogP contribution in [0, 0.1) is 13.8 Å². The molecule has 3 aromatic rings. The van der Waals surface area contributed by atoms with Gasteiger partial charge in [0.15, 0.2) is 0 Å². The van der Waals surface area contributed by atoms with Gasteiger partial charge in [0.05, 0.1) is 17.0 Å². The van der Waals surface area contributed by atoms with Gasteiger partial charge in [-0.1, -0.05) is 23.7 Å². The van der Waals surface area contributed by atoms with Crippen molar-refractivity contribution in [2.75, 3.05) is 5.32 Å². The second-order valence-corrected chi connectivity index (χ2v) is 6.75. The molecular formula is C16H14ClN3O2S. The number of carbonyl (C=O) groups is 1. The normalized spacial score (nSPS) is 10.7. The van der Waals surface area contributed by atoms with E-state index >= 15 is 0 Å². The molecule has 0 spiro atoms. The lowest BCUT2D eigenvalue weighted by Gasteiger charge is -2.04. The number of halogens is 1. The molecule has 0 atom stereocenters. The van der Waals surface area contributed by atoms with Crippen molar-refractivity contribution in [3.8, 4) is 10.8 Å². The fourth-order valence-corrected chi connectivity index (χ4v) is 3.11. The maximum absolute atomic E-state index is 12.2. The number of amides is 1. The zero-order chi connectivity index (χ0) is 16.4. The molecule has 1 aromatic carbocycles. The zero-order valence-corrected chi connectivity index (χ0v) is 14.2. The van der Waals surface area contributed by atoms with Gasteiger partial charge in [0, 0.05) is 16.8 Å². The molecule has 0 aliphatic heterocycles. The lowest BCUT2D eigenvalue weighted by Crippen LogP contribution is -2.14. The first kappa shape index (κ1) is 15.7. The van der Waals surface area contributed by atoms with Gasteiger partial charge in [-0.3, -0.25) is 4.79 Å². The van der Waals surface area contributed by atoms with Crippen molar-refractivity contribution in [2.24, 2.45) is 0 Å². The maximum Gasteiger partial charge on any atom is 0.257 e.